The molecule has 0 bridgehead atoms. The number of hydrazone groups is 1. The lowest BCUT2D eigenvalue weighted by molar-refractivity contribution is 0.0540. The van der Waals surface area contributed by atoms with Gasteiger partial charge in [0.15, 0.2) is 0 Å². The summed E-state index contributed by atoms with van der Waals surface area (Å²) in [6.45, 7) is 3.44. The highest BCUT2D eigenvalue weighted by Crippen LogP contribution is 1.78. The standard InChI is InChI=1S/C8H18N4O2/c9-1-5-13-7-8-14-6-4-11-2-3-12-10/h2-3H,1,4-10H2/b11-2?,12-3-. The molecule has 14 heavy (non-hydrogen) atoms. The van der Waals surface area contributed by atoms with E-state index in [1.807, 2.05) is 0 Å². The van der Waals surface area contributed by atoms with Crippen molar-refractivity contribution >= 4 is 12.4 Å². The van der Waals surface area contributed by atoms with Crippen molar-refractivity contribution in [3.8, 4) is 0 Å². The molecule has 82 valence electrons. The smallest absolute Gasteiger partial charge is 0.0701 e. The third-order valence-corrected chi connectivity index (χ3v) is 1.26. The van der Waals surface area contributed by atoms with Crippen LogP contribution in [0.3, 0.4) is 0 Å². The Kier molecular flexibility index (Phi) is 11.2. The van der Waals surface area contributed by atoms with Crippen LogP contribution in [0, 0.1) is 0 Å². The quantitative estimate of drug-likeness (QED) is 0.217. The van der Waals surface area contributed by atoms with Crippen LogP contribution in [0.1, 0.15) is 0 Å². The third-order valence-electron chi connectivity index (χ3n) is 1.26. The summed E-state index contributed by atoms with van der Waals surface area (Å²) in [6.07, 6.45) is 2.96. The number of nitrogens with two attached hydrogens (primary N) is 2. The highest BCUT2D eigenvalue weighted by atomic mass is 16.5. The van der Waals surface area contributed by atoms with Crippen molar-refractivity contribution in [2.75, 3.05) is 39.5 Å². The molecule has 6 heteroatoms. The van der Waals surface area contributed by atoms with E-state index in [2.05, 4.69) is 10.1 Å². The maximum Gasteiger partial charge on any atom is 0.0701 e. The van der Waals surface area contributed by atoms with Crippen molar-refractivity contribution in [1.29, 1.82) is 0 Å². The number of hydrogen-bond donors (Lipinski definition) is 2. The minimum atomic E-state index is 0.544. The highest BCUT2D eigenvalue weighted by molar-refractivity contribution is 6.15. The maximum atomic E-state index is 5.23. The van der Waals surface area contributed by atoms with Crippen LogP contribution in [0.25, 0.3) is 0 Å². The fraction of sp³-hybridized carbons (Fsp3) is 0.750. The second kappa shape index (κ2) is 12.0. The van der Waals surface area contributed by atoms with E-state index in [-0.39, 0.29) is 0 Å². The van der Waals surface area contributed by atoms with Gasteiger partial charge < -0.3 is 21.1 Å². The van der Waals surface area contributed by atoms with Crippen LogP contribution in [-0.2, 0) is 9.47 Å². The molecule has 0 aromatic heterocycles. The second-order valence-corrected chi connectivity index (χ2v) is 2.37. The van der Waals surface area contributed by atoms with Gasteiger partial charge in [-0.3, -0.25) is 4.99 Å². The van der Waals surface area contributed by atoms with Crippen LogP contribution in [0.4, 0.5) is 0 Å². The van der Waals surface area contributed by atoms with E-state index < -0.39 is 0 Å². The van der Waals surface area contributed by atoms with Crippen molar-refractivity contribution in [1.82, 2.24) is 0 Å². The fourth-order valence-electron chi connectivity index (χ4n) is 0.683. The molecule has 6 nitrogen and oxygen atoms in total. The Morgan fingerprint density at radius 1 is 1.00 bits per heavy atom. The Balaban J connectivity index is 2.98. The normalized spacial score (nSPS) is 11.8. The summed E-state index contributed by atoms with van der Waals surface area (Å²) in [5.74, 6) is 4.86. The van der Waals surface area contributed by atoms with Crippen molar-refractivity contribution in [3.05, 3.63) is 0 Å². The first-order valence-electron chi connectivity index (χ1n) is 4.49. The Bertz CT molecular complexity index is 161. The summed E-state index contributed by atoms with van der Waals surface area (Å²) in [5, 5.41) is 3.26. The summed E-state index contributed by atoms with van der Waals surface area (Å²) in [6, 6.07) is 0. The molecule has 0 aliphatic heterocycles. The van der Waals surface area contributed by atoms with Crippen LogP contribution < -0.4 is 11.6 Å². The molecule has 0 fully saturated rings. The van der Waals surface area contributed by atoms with Gasteiger partial charge in [-0.1, -0.05) is 0 Å². The molecule has 0 rings (SSSR count). The molecule has 0 aliphatic carbocycles. The van der Waals surface area contributed by atoms with Gasteiger partial charge in [0.1, 0.15) is 0 Å². The van der Waals surface area contributed by atoms with Gasteiger partial charge in [-0.2, -0.15) is 5.10 Å². The molecule has 0 atom stereocenters. The van der Waals surface area contributed by atoms with Gasteiger partial charge in [0.2, 0.25) is 0 Å². The van der Waals surface area contributed by atoms with Gasteiger partial charge in [0.05, 0.1) is 39.2 Å². The number of nitrogens with zero attached hydrogens (tertiary/aromatic N) is 2. The summed E-state index contributed by atoms with van der Waals surface area (Å²) >= 11 is 0. The van der Waals surface area contributed by atoms with E-state index in [0.717, 1.165) is 0 Å². The van der Waals surface area contributed by atoms with E-state index in [1.54, 1.807) is 0 Å². The van der Waals surface area contributed by atoms with Crippen molar-refractivity contribution in [2.24, 2.45) is 21.7 Å². The van der Waals surface area contributed by atoms with Crippen LogP contribution in [0.5, 0.6) is 0 Å². The maximum absolute atomic E-state index is 5.23. The van der Waals surface area contributed by atoms with Gasteiger partial charge >= 0.3 is 0 Å². The van der Waals surface area contributed by atoms with Gasteiger partial charge in [0, 0.05) is 12.8 Å². The van der Waals surface area contributed by atoms with Crippen molar-refractivity contribution in [2.45, 2.75) is 0 Å². The van der Waals surface area contributed by atoms with E-state index in [0.29, 0.717) is 39.5 Å². The Morgan fingerprint density at radius 2 is 1.71 bits per heavy atom. The zero-order valence-electron chi connectivity index (χ0n) is 8.26. The van der Waals surface area contributed by atoms with Gasteiger partial charge in [-0.25, -0.2) is 0 Å². The summed E-state index contributed by atoms with van der Waals surface area (Å²) in [5.41, 5.74) is 5.23. The van der Waals surface area contributed by atoms with Crippen LogP contribution in [0.2, 0.25) is 0 Å². The largest absolute Gasteiger partial charge is 0.378 e. The lowest BCUT2D eigenvalue weighted by Crippen LogP contribution is -2.12. The molecule has 0 radical (unpaired) electrons. The molecule has 0 heterocycles. The van der Waals surface area contributed by atoms with Crippen LogP contribution in [0.15, 0.2) is 10.1 Å². The molecule has 0 aromatic rings. The third kappa shape index (κ3) is 11.0. The first-order chi connectivity index (χ1) is 6.91. The van der Waals surface area contributed by atoms with Gasteiger partial charge in [0.25, 0.3) is 0 Å². The molecule has 0 aliphatic rings. The molecular weight excluding hydrogens is 184 g/mol. The van der Waals surface area contributed by atoms with Gasteiger partial charge in [-0.05, 0) is 0 Å². The summed E-state index contributed by atoms with van der Waals surface area (Å²) < 4.78 is 10.3. The topological polar surface area (TPSA) is 95.2 Å². The molecule has 0 amide bonds. The first kappa shape index (κ1) is 13.0. The lowest BCUT2D eigenvalue weighted by Gasteiger charge is -2.02. The van der Waals surface area contributed by atoms with Crippen LogP contribution >= 0.6 is 0 Å². The van der Waals surface area contributed by atoms with Crippen LogP contribution in [-0.4, -0.2) is 51.9 Å². The average Bonchev–Trinajstić information content (AvgIpc) is 2.21. The zero-order valence-corrected chi connectivity index (χ0v) is 8.26. The minimum absolute atomic E-state index is 0.544. The fourth-order valence-corrected chi connectivity index (χ4v) is 0.683. The van der Waals surface area contributed by atoms with E-state index >= 15 is 0 Å². The molecular formula is C8H18N4O2. The zero-order chi connectivity index (χ0) is 10.5. The average molecular weight is 202 g/mol. The predicted molar refractivity (Wildman–Crippen MR) is 56.7 cm³/mol. The monoisotopic (exact) mass is 202 g/mol. The van der Waals surface area contributed by atoms with Gasteiger partial charge in [-0.15, -0.1) is 0 Å². The van der Waals surface area contributed by atoms with Crippen molar-refractivity contribution in [3.63, 3.8) is 0 Å². The number of aliphatic imine (C=N–C) groups is 1. The molecule has 0 saturated heterocycles. The molecule has 0 spiro atoms. The van der Waals surface area contributed by atoms with Crippen molar-refractivity contribution < 1.29 is 9.47 Å². The number of rotatable bonds is 9. The van der Waals surface area contributed by atoms with E-state index in [4.69, 9.17) is 21.1 Å². The lowest BCUT2D eigenvalue weighted by atomic mass is 10.6. The summed E-state index contributed by atoms with van der Waals surface area (Å²) in [7, 11) is 0. The SMILES string of the molecule is NCCOCCOCCN=C/C=N\N. The molecule has 0 saturated carbocycles. The highest BCUT2D eigenvalue weighted by Gasteiger charge is 1.87. The van der Waals surface area contributed by atoms with E-state index in [1.165, 1.54) is 12.4 Å². The second-order valence-electron chi connectivity index (χ2n) is 2.37. The Morgan fingerprint density at radius 3 is 2.36 bits per heavy atom. The molecule has 4 N–H and O–H groups in total. The predicted octanol–water partition coefficient (Wildman–Crippen LogP) is -1.01. The molecule has 0 aromatic carbocycles. The first-order valence-corrected chi connectivity index (χ1v) is 4.49. The number of ether oxygens (including phenoxy) is 2. The minimum Gasteiger partial charge on any atom is -0.378 e. The Hall–Kier alpha value is -0.980. The summed E-state index contributed by atoms with van der Waals surface area (Å²) in [4.78, 5) is 3.95. The molecule has 0 unspecified atom stereocenters. The number of hydrogen-bond acceptors (Lipinski definition) is 6. The Labute approximate surface area is 84.0 Å². The van der Waals surface area contributed by atoms with E-state index in [9.17, 15) is 0 Å².